The fourth-order valence-corrected chi connectivity index (χ4v) is 2.73. The van der Waals surface area contributed by atoms with E-state index in [1.807, 2.05) is 0 Å². The van der Waals surface area contributed by atoms with E-state index >= 15 is 0 Å². The monoisotopic (exact) mass is 246 g/mol. The lowest BCUT2D eigenvalue weighted by molar-refractivity contribution is -0.924. The molecule has 0 aliphatic heterocycles. The number of unbranched alkanes of at least 4 members (excludes halogenated alkanes) is 2. The van der Waals surface area contributed by atoms with Crippen LogP contribution in [0.2, 0.25) is 0 Å². The first-order valence-electron chi connectivity index (χ1n) is 6.98. The summed E-state index contributed by atoms with van der Waals surface area (Å²) >= 11 is 0. The molecule has 1 heteroatoms. The van der Waals surface area contributed by atoms with Gasteiger partial charge in [-0.2, -0.15) is 0 Å². The summed E-state index contributed by atoms with van der Waals surface area (Å²) in [6.45, 7) is 6.39. The molecule has 1 aromatic rings. The highest BCUT2D eigenvalue weighted by Crippen LogP contribution is 2.37. The third-order valence-corrected chi connectivity index (χ3v) is 3.97. The van der Waals surface area contributed by atoms with Gasteiger partial charge in [0.1, 0.15) is 5.54 Å². The summed E-state index contributed by atoms with van der Waals surface area (Å²) in [6.07, 6.45) is 7.13. The van der Waals surface area contributed by atoms with Crippen molar-refractivity contribution in [3.63, 3.8) is 0 Å². The van der Waals surface area contributed by atoms with E-state index in [0.29, 0.717) is 0 Å². The van der Waals surface area contributed by atoms with Crippen LogP contribution in [0.15, 0.2) is 43.0 Å². The molecule has 1 rings (SSSR count). The Bertz CT molecular complexity index is 361. The minimum atomic E-state index is 0.0242. The molecule has 1 unspecified atom stereocenters. The summed E-state index contributed by atoms with van der Waals surface area (Å²) in [5.74, 6) is 0. The van der Waals surface area contributed by atoms with Crippen molar-refractivity contribution < 1.29 is 4.48 Å². The maximum Gasteiger partial charge on any atom is 0.143 e. The molecular formula is C17H28N+. The number of hydrogen-bond donors (Lipinski definition) is 0. The SMILES string of the molecule is C=CC(CCCCC)(c1ccccc1)[N+](C)(C)C. The first-order valence-corrected chi connectivity index (χ1v) is 6.98. The minimum Gasteiger partial charge on any atom is -0.319 e. The van der Waals surface area contributed by atoms with Crippen LogP contribution >= 0.6 is 0 Å². The van der Waals surface area contributed by atoms with Crippen molar-refractivity contribution in [2.24, 2.45) is 0 Å². The third-order valence-electron chi connectivity index (χ3n) is 3.97. The maximum atomic E-state index is 4.14. The fraction of sp³-hybridized carbons (Fsp3) is 0.529. The highest BCUT2D eigenvalue weighted by molar-refractivity contribution is 5.27. The number of nitrogens with zero attached hydrogens (tertiary/aromatic N) is 1. The second-order valence-electron chi connectivity index (χ2n) is 5.96. The summed E-state index contributed by atoms with van der Waals surface area (Å²) in [5.41, 5.74) is 1.40. The van der Waals surface area contributed by atoms with Crippen LogP contribution in [0, 0.1) is 0 Å². The Morgan fingerprint density at radius 1 is 1.11 bits per heavy atom. The quantitative estimate of drug-likeness (QED) is 0.381. The Morgan fingerprint density at radius 2 is 1.72 bits per heavy atom. The van der Waals surface area contributed by atoms with Crippen molar-refractivity contribution in [1.29, 1.82) is 0 Å². The van der Waals surface area contributed by atoms with Crippen LogP contribution in [-0.2, 0) is 5.54 Å². The fourth-order valence-electron chi connectivity index (χ4n) is 2.73. The minimum absolute atomic E-state index is 0.0242. The van der Waals surface area contributed by atoms with Crippen LogP contribution in [-0.4, -0.2) is 25.6 Å². The maximum absolute atomic E-state index is 4.14. The summed E-state index contributed by atoms with van der Waals surface area (Å²) in [6, 6.07) is 10.8. The van der Waals surface area contributed by atoms with Gasteiger partial charge in [-0.25, -0.2) is 0 Å². The molecule has 0 saturated heterocycles. The molecule has 0 N–H and O–H groups in total. The largest absolute Gasteiger partial charge is 0.319 e. The normalized spacial score (nSPS) is 15.1. The molecule has 0 spiro atoms. The highest BCUT2D eigenvalue weighted by Gasteiger charge is 2.41. The Hall–Kier alpha value is -1.08. The van der Waals surface area contributed by atoms with Crippen LogP contribution in [0.4, 0.5) is 0 Å². The number of likely N-dealkylation sites (N-methyl/N-ethyl adjacent to an activating group) is 1. The molecule has 1 aromatic carbocycles. The molecule has 18 heavy (non-hydrogen) atoms. The molecule has 0 fully saturated rings. The summed E-state index contributed by atoms with van der Waals surface area (Å²) in [4.78, 5) is 0. The topological polar surface area (TPSA) is 0 Å². The van der Waals surface area contributed by atoms with Crippen LogP contribution in [0.25, 0.3) is 0 Å². The zero-order valence-corrected chi connectivity index (χ0v) is 12.4. The van der Waals surface area contributed by atoms with Gasteiger partial charge in [-0.1, -0.05) is 56.7 Å². The number of benzene rings is 1. The average molecular weight is 246 g/mol. The Balaban J connectivity index is 3.11. The zero-order valence-electron chi connectivity index (χ0n) is 12.4. The van der Waals surface area contributed by atoms with Crippen molar-refractivity contribution in [2.45, 2.75) is 38.1 Å². The van der Waals surface area contributed by atoms with Crippen LogP contribution in [0.3, 0.4) is 0 Å². The Kier molecular flexibility index (Phi) is 5.15. The van der Waals surface area contributed by atoms with Crippen molar-refractivity contribution in [3.8, 4) is 0 Å². The lowest BCUT2D eigenvalue weighted by Gasteiger charge is -2.45. The molecule has 100 valence electrons. The predicted octanol–water partition coefficient (Wildman–Crippen LogP) is 4.35. The van der Waals surface area contributed by atoms with Gasteiger partial charge in [-0.3, -0.25) is 0 Å². The van der Waals surface area contributed by atoms with Crippen LogP contribution in [0.5, 0.6) is 0 Å². The molecule has 0 aromatic heterocycles. The number of quaternary nitrogens is 1. The van der Waals surface area contributed by atoms with Gasteiger partial charge in [-0.15, -0.1) is 0 Å². The van der Waals surface area contributed by atoms with E-state index in [-0.39, 0.29) is 5.54 Å². The van der Waals surface area contributed by atoms with Gasteiger partial charge in [0, 0.05) is 12.0 Å². The number of hydrogen-bond acceptors (Lipinski definition) is 0. The van der Waals surface area contributed by atoms with Crippen molar-refractivity contribution in [2.75, 3.05) is 21.1 Å². The summed E-state index contributed by atoms with van der Waals surface area (Å²) in [5, 5.41) is 0. The lowest BCUT2D eigenvalue weighted by atomic mass is 9.82. The summed E-state index contributed by atoms with van der Waals surface area (Å²) < 4.78 is 0.893. The Labute approximate surface area is 113 Å². The van der Waals surface area contributed by atoms with Gasteiger partial charge in [0.25, 0.3) is 0 Å². The molecule has 1 atom stereocenters. The van der Waals surface area contributed by atoms with E-state index in [1.54, 1.807) is 0 Å². The van der Waals surface area contributed by atoms with E-state index in [4.69, 9.17) is 0 Å². The van der Waals surface area contributed by atoms with Crippen LogP contribution < -0.4 is 0 Å². The molecule has 0 amide bonds. The molecule has 0 heterocycles. The van der Waals surface area contributed by atoms with E-state index in [2.05, 4.69) is 71.1 Å². The standard InChI is InChI=1S/C17H28N/c1-6-8-12-15-17(7-2,18(3,4)5)16-13-10-9-11-14-16/h7,9-11,13-14H,2,6,8,12,15H2,1,3-5H3/q+1. The average Bonchev–Trinajstić information content (AvgIpc) is 2.34. The molecule has 1 nitrogen and oxygen atoms in total. The molecule has 0 saturated carbocycles. The van der Waals surface area contributed by atoms with E-state index in [1.165, 1.54) is 24.8 Å². The zero-order chi connectivity index (χ0) is 13.6. The van der Waals surface area contributed by atoms with E-state index < -0.39 is 0 Å². The smallest absolute Gasteiger partial charge is 0.143 e. The van der Waals surface area contributed by atoms with E-state index in [9.17, 15) is 0 Å². The van der Waals surface area contributed by atoms with Crippen molar-refractivity contribution in [1.82, 2.24) is 0 Å². The second-order valence-corrected chi connectivity index (χ2v) is 5.96. The van der Waals surface area contributed by atoms with Gasteiger partial charge < -0.3 is 4.48 Å². The second kappa shape index (κ2) is 6.19. The lowest BCUT2D eigenvalue weighted by Crippen LogP contribution is -2.53. The Morgan fingerprint density at radius 3 is 2.17 bits per heavy atom. The van der Waals surface area contributed by atoms with E-state index in [0.717, 1.165) is 10.9 Å². The van der Waals surface area contributed by atoms with Gasteiger partial charge >= 0.3 is 0 Å². The van der Waals surface area contributed by atoms with Crippen molar-refractivity contribution in [3.05, 3.63) is 48.6 Å². The van der Waals surface area contributed by atoms with Gasteiger partial charge in [0.2, 0.25) is 0 Å². The van der Waals surface area contributed by atoms with Crippen molar-refractivity contribution >= 4 is 0 Å². The molecular weight excluding hydrogens is 218 g/mol. The highest BCUT2D eigenvalue weighted by atomic mass is 15.3. The van der Waals surface area contributed by atoms with Gasteiger partial charge in [0.15, 0.2) is 0 Å². The van der Waals surface area contributed by atoms with Gasteiger partial charge in [-0.05, 0) is 12.5 Å². The van der Waals surface area contributed by atoms with Crippen LogP contribution in [0.1, 0.15) is 38.2 Å². The first-order chi connectivity index (χ1) is 8.48. The number of rotatable bonds is 7. The molecule has 0 aliphatic rings. The molecule has 0 bridgehead atoms. The predicted molar refractivity (Wildman–Crippen MR) is 80.5 cm³/mol. The molecule has 0 aliphatic carbocycles. The first kappa shape index (κ1) is 15.0. The molecule has 0 radical (unpaired) electrons. The third kappa shape index (κ3) is 3.02. The summed E-state index contributed by atoms with van der Waals surface area (Å²) in [7, 11) is 6.79. The van der Waals surface area contributed by atoms with Gasteiger partial charge in [0.05, 0.1) is 21.1 Å².